The molecule has 2 aromatic heterocycles. The van der Waals surface area contributed by atoms with Crippen LogP contribution in [-0.2, 0) is 10.0 Å². The van der Waals surface area contributed by atoms with Crippen molar-refractivity contribution >= 4 is 43.9 Å². The van der Waals surface area contributed by atoms with Crippen LogP contribution in [0.3, 0.4) is 0 Å². The van der Waals surface area contributed by atoms with Crippen LogP contribution in [0, 0.1) is 0 Å². The molecule has 20 heavy (non-hydrogen) atoms. The highest BCUT2D eigenvalue weighted by atomic mass is 32.2. The molecule has 0 radical (unpaired) electrons. The molecule has 0 aliphatic rings. The predicted octanol–water partition coefficient (Wildman–Crippen LogP) is 1.86. The zero-order valence-corrected chi connectivity index (χ0v) is 14.0. The van der Waals surface area contributed by atoms with Crippen LogP contribution in [0.15, 0.2) is 16.6 Å². The van der Waals surface area contributed by atoms with E-state index in [1.807, 2.05) is 25.5 Å². The Kier molecular flexibility index (Phi) is 4.95. The van der Waals surface area contributed by atoms with Gasteiger partial charge in [-0.05, 0) is 13.2 Å². The maximum Gasteiger partial charge on any atom is 0.260 e. The van der Waals surface area contributed by atoms with Gasteiger partial charge in [-0.15, -0.1) is 11.3 Å². The molecule has 112 valence electrons. The molecule has 6 nitrogen and oxygen atoms in total. The van der Waals surface area contributed by atoms with Gasteiger partial charge in [-0.1, -0.05) is 6.92 Å². The first kappa shape index (κ1) is 15.6. The Morgan fingerprint density at radius 2 is 2.30 bits per heavy atom. The summed E-state index contributed by atoms with van der Waals surface area (Å²) in [5, 5.41) is 5.24. The van der Waals surface area contributed by atoms with Crippen LogP contribution in [0.2, 0.25) is 0 Å². The SMILES string of the molecule is CCNc1nc2sccn2c1S(=O)(=O)NCC(C)SC. The zero-order valence-electron chi connectivity index (χ0n) is 11.6. The number of sulfonamides is 1. The number of aromatic nitrogens is 2. The third kappa shape index (κ3) is 3.11. The average Bonchev–Trinajstić information content (AvgIpc) is 2.96. The molecule has 0 amide bonds. The van der Waals surface area contributed by atoms with E-state index in [1.165, 1.54) is 11.3 Å². The maximum atomic E-state index is 12.5. The number of thioether (sulfide) groups is 1. The summed E-state index contributed by atoms with van der Waals surface area (Å²) in [4.78, 5) is 4.99. The molecule has 0 aliphatic heterocycles. The summed E-state index contributed by atoms with van der Waals surface area (Å²) in [7, 11) is -3.59. The highest BCUT2D eigenvalue weighted by molar-refractivity contribution is 7.99. The second-order valence-corrected chi connectivity index (χ2v) is 8.08. The number of nitrogens with one attached hydrogen (secondary N) is 2. The summed E-state index contributed by atoms with van der Waals surface area (Å²) >= 11 is 3.03. The van der Waals surface area contributed by atoms with E-state index < -0.39 is 10.0 Å². The molecular weight excluding hydrogens is 316 g/mol. The van der Waals surface area contributed by atoms with Gasteiger partial charge in [-0.3, -0.25) is 4.40 Å². The van der Waals surface area contributed by atoms with E-state index in [0.717, 1.165) is 0 Å². The van der Waals surface area contributed by atoms with E-state index in [1.54, 1.807) is 22.4 Å². The number of anilines is 1. The number of rotatable bonds is 7. The van der Waals surface area contributed by atoms with E-state index in [2.05, 4.69) is 15.0 Å². The molecule has 2 rings (SSSR count). The molecule has 9 heteroatoms. The van der Waals surface area contributed by atoms with Gasteiger partial charge < -0.3 is 5.32 Å². The van der Waals surface area contributed by atoms with Crippen LogP contribution < -0.4 is 10.0 Å². The van der Waals surface area contributed by atoms with Gasteiger partial charge in [0.25, 0.3) is 10.0 Å². The van der Waals surface area contributed by atoms with Crippen molar-refractivity contribution in [1.82, 2.24) is 14.1 Å². The highest BCUT2D eigenvalue weighted by Gasteiger charge is 2.25. The third-order valence-corrected chi connectivity index (χ3v) is 5.95. The van der Waals surface area contributed by atoms with Crippen LogP contribution in [-0.4, -0.2) is 42.4 Å². The lowest BCUT2D eigenvalue weighted by molar-refractivity contribution is 0.577. The van der Waals surface area contributed by atoms with Crippen molar-refractivity contribution in [1.29, 1.82) is 0 Å². The van der Waals surface area contributed by atoms with E-state index in [0.29, 0.717) is 23.9 Å². The molecule has 0 saturated heterocycles. The predicted molar refractivity (Wildman–Crippen MR) is 85.4 cm³/mol. The lowest BCUT2D eigenvalue weighted by atomic mass is 10.5. The van der Waals surface area contributed by atoms with Gasteiger partial charge in [0.2, 0.25) is 0 Å². The second kappa shape index (κ2) is 6.33. The second-order valence-electron chi connectivity index (χ2n) is 4.25. The van der Waals surface area contributed by atoms with E-state index >= 15 is 0 Å². The Labute approximate surface area is 127 Å². The highest BCUT2D eigenvalue weighted by Crippen LogP contribution is 2.25. The first-order chi connectivity index (χ1) is 9.49. The van der Waals surface area contributed by atoms with Gasteiger partial charge in [-0.2, -0.15) is 11.8 Å². The minimum absolute atomic E-state index is 0.184. The van der Waals surface area contributed by atoms with Crippen molar-refractivity contribution in [3.8, 4) is 0 Å². The molecule has 1 atom stereocenters. The minimum Gasteiger partial charge on any atom is -0.368 e. The molecule has 0 bridgehead atoms. The summed E-state index contributed by atoms with van der Waals surface area (Å²) in [6.07, 6.45) is 3.68. The van der Waals surface area contributed by atoms with E-state index in [9.17, 15) is 8.42 Å². The maximum absolute atomic E-state index is 12.5. The number of fused-ring (bicyclic) bond motifs is 1. The standard InChI is InChI=1S/C11H18N4O2S3/c1-4-12-9-10(15-5-6-19-11(15)14-9)20(16,17)13-7-8(2)18-3/h5-6,8,12-13H,4,7H2,1-3H3. The molecule has 2 heterocycles. The molecule has 0 aromatic carbocycles. The van der Waals surface area contributed by atoms with E-state index in [4.69, 9.17) is 0 Å². The van der Waals surface area contributed by atoms with Crippen molar-refractivity contribution in [2.75, 3.05) is 24.7 Å². The Morgan fingerprint density at radius 1 is 1.55 bits per heavy atom. The van der Waals surface area contributed by atoms with Crippen molar-refractivity contribution in [3.05, 3.63) is 11.6 Å². The van der Waals surface area contributed by atoms with Gasteiger partial charge in [-0.25, -0.2) is 18.1 Å². The molecule has 2 N–H and O–H groups in total. The molecule has 0 spiro atoms. The first-order valence-electron chi connectivity index (χ1n) is 6.21. The van der Waals surface area contributed by atoms with Crippen molar-refractivity contribution in [2.24, 2.45) is 0 Å². The fourth-order valence-electron chi connectivity index (χ4n) is 1.68. The average molecular weight is 334 g/mol. The van der Waals surface area contributed by atoms with Crippen LogP contribution >= 0.6 is 23.1 Å². The molecule has 1 unspecified atom stereocenters. The molecular formula is C11H18N4O2S3. The largest absolute Gasteiger partial charge is 0.368 e. The van der Waals surface area contributed by atoms with Crippen LogP contribution in [0.1, 0.15) is 13.8 Å². The van der Waals surface area contributed by atoms with Gasteiger partial charge in [0.1, 0.15) is 0 Å². The van der Waals surface area contributed by atoms with Crippen molar-refractivity contribution in [2.45, 2.75) is 24.1 Å². The normalized spacial score (nSPS) is 13.8. The Hall–Kier alpha value is -0.770. The Balaban J connectivity index is 2.38. The number of thiazole rings is 1. The van der Waals surface area contributed by atoms with E-state index in [-0.39, 0.29) is 10.3 Å². The minimum atomic E-state index is -3.59. The quantitative estimate of drug-likeness (QED) is 0.808. The molecule has 0 fully saturated rings. The van der Waals surface area contributed by atoms with Crippen molar-refractivity contribution in [3.63, 3.8) is 0 Å². The summed E-state index contributed by atoms with van der Waals surface area (Å²) in [5.41, 5.74) is 0. The monoisotopic (exact) mass is 334 g/mol. The third-order valence-electron chi connectivity index (χ3n) is 2.78. The van der Waals surface area contributed by atoms with Crippen molar-refractivity contribution < 1.29 is 8.42 Å². The molecule has 0 saturated carbocycles. The molecule has 0 aliphatic carbocycles. The van der Waals surface area contributed by atoms with Crippen LogP contribution in [0.4, 0.5) is 5.82 Å². The topological polar surface area (TPSA) is 75.5 Å². The smallest absolute Gasteiger partial charge is 0.260 e. The first-order valence-corrected chi connectivity index (χ1v) is 9.86. The fraction of sp³-hybridized carbons (Fsp3) is 0.545. The lowest BCUT2D eigenvalue weighted by Crippen LogP contribution is -2.30. The lowest BCUT2D eigenvalue weighted by Gasteiger charge is -2.11. The van der Waals surface area contributed by atoms with Gasteiger partial charge >= 0.3 is 0 Å². The Bertz CT molecular complexity index is 677. The Morgan fingerprint density at radius 3 is 2.95 bits per heavy atom. The summed E-state index contributed by atoms with van der Waals surface area (Å²) in [6.45, 7) is 4.91. The van der Waals surface area contributed by atoms with Crippen LogP contribution in [0.25, 0.3) is 4.96 Å². The van der Waals surface area contributed by atoms with Crippen LogP contribution in [0.5, 0.6) is 0 Å². The summed E-state index contributed by atoms with van der Waals surface area (Å²) in [6, 6.07) is 0. The van der Waals surface area contributed by atoms with Gasteiger partial charge in [0.15, 0.2) is 15.8 Å². The zero-order chi connectivity index (χ0) is 14.8. The number of imidazole rings is 1. The summed E-state index contributed by atoms with van der Waals surface area (Å²) in [5.74, 6) is 0.406. The fourth-order valence-corrected chi connectivity index (χ4v) is 4.20. The number of hydrogen-bond donors (Lipinski definition) is 2. The van der Waals surface area contributed by atoms with Gasteiger partial charge in [0.05, 0.1) is 0 Å². The molecule has 2 aromatic rings. The number of hydrogen-bond acceptors (Lipinski definition) is 6. The van der Waals surface area contributed by atoms with Gasteiger partial charge in [0, 0.05) is 29.9 Å². The summed E-state index contributed by atoms with van der Waals surface area (Å²) < 4.78 is 29.3. The number of nitrogens with zero attached hydrogens (tertiary/aromatic N) is 2.